The Labute approximate surface area is 145 Å². The summed E-state index contributed by atoms with van der Waals surface area (Å²) in [6, 6.07) is 9.24. The molecule has 0 aliphatic carbocycles. The van der Waals surface area contributed by atoms with E-state index in [0.717, 1.165) is 31.2 Å². The van der Waals surface area contributed by atoms with Crippen molar-refractivity contribution in [2.75, 3.05) is 20.2 Å². The summed E-state index contributed by atoms with van der Waals surface area (Å²) in [7, 11) is 1.72. The van der Waals surface area contributed by atoms with Gasteiger partial charge in [-0.1, -0.05) is 19.1 Å². The van der Waals surface area contributed by atoms with Gasteiger partial charge in [0.05, 0.1) is 7.11 Å². The van der Waals surface area contributed by atoms with Gasteiger partial charge in [-0.3, -0.25) is 4.90 Å². The van der Waals surface area contributed by atoms with E-state index >= 15 is 0 Å². The highest BCUT2D eigenvalue weighted by Crippen LogP contribution is 2.32. The van der Waals surface area contributed by atoms with Gasteiger partial charge in [0.2, 0.25) is 0 Å². The maximum atomic E-state index is 5.27. The average Bonchev–Trinajstić information content (AvgIpc) is 3.14. The van der Waals surface area contributed by atoms with Crippen LogP contribution in [0, 0.1) is 12.8 Å². The van der Waals surface area contributed by atoms with Crippen molar-refractivity contribution >= 4 is 0 Å². The van der Waals surface area contributed by atoms with Crippen LogP contribution in [0.15, 0.2) is 36.7 Å². The molecule has 3 atom stereocenters. The van der Waals surface area contributed by atoms with Crippen molar-refractivity contribution < 1.29 is 4.74 Å². The second kappa shape index (κ2) is 7.39. The standard InChI is InChI=1S/C20H29N3O/c1-15(12-22-10-9-21-17(22)3)13-23-14-19(11-16(23)2)18-5-7-20(24-4)8-6-18/h5-10,15-16,19H,11-14H2,1-4H3/t15-,16-,19+/m0/s1. The number of aryl methyl sites for hydroxylation is 1. The van der Waals surface area contributed by atoms with Gasteiger partial charge < -0.3 is 9.30 Å². The fraction of sp³-hybridized carbons (Fsp3) is 0.550. The SMILES string of the molecule is COc1ccc([C@@H]2C[C@H](C)N(C[C@@H](C)Cn3ccnc3C)C2)cc1. The fourth-order valence-corrected chi connectivity index (χ4v) is 3.86. The van der Waals surface area contributed by atoms with E-state index in [4.69, 9.17) is 4.74 Å². The summed E-state index contributed by atoms with van der Waals surface area (Å²) in [5, 5.41) is 0. The van der Waals surface area contributed by atoms with Crippen molar-refractivity contribution in [1.29, 1.82) is 0 Å². The van der Waals surface area contributed by atoms with E-state index in [-0.39, 0.29) is 0 Å². The van der Waals surface area contributed by atoms with E-state index < -0.39 is 0 Å². The number of hydrogen-bond donors (Lipinski definition) is 0. The molecule has 1 aliphatic rings. The van der Waals surface area contributed by atoms with Gasteiger partial charge in [-0.05, 0) is 49.8 Å². The Bertz CT molecular complexity index is 649. The molecule has 1 aromatic carbocycles. The van der Waals surface area contributed by atoms with Gasteiger partial charge in [-0.2, -0.15) is 0 Å². The second-order valence-corrected chi connectivity index (χ2v) is 7.24. The molecule has 0 spiro atoms. The molecule has 0 amide bonds. The molecule has 1 aromatic heterocycles. The predicted octanol–water partition coefficient (Wildman–Crippen LogP) is 3.71. The molecule has 2 aromatic rings. The monoisotopic (exact) mass is 327 g/mol. The van der Waals surface area contributed by atoms with Crippen LogP contribution in [0.1, 0.15) is 37.6 Å². The molecule has 3 rings (SSSR count). The average molecular weight is 327 g/mol. The van der Waals surface area contributed by atoms with Crippen LogP contribution in [-0.4, -0.2) is 40.7 Å². The molecule has 130 valence electrons. The lowest BCUT2D eigenvalue weighted by molar-refractivity contribution is 0.220. The number of ether oxygens (including phenoxy) is 1. The van der Waals surface area contributed by atoms with Crippen molar-refractivity contribution in [3.05, 3.63) is 48.0 Å². The van der Waals surface area contributed by atoms with Crippen LogP contribution in [0.2, 0.25) is 0 Å². The highest BCUT2D eigenvalue weighted by Gasteiger charge is 2.30. The molecule has 0 N–H and O–H groups in total. The molecule has 0 unspecified atom stereocenters. The molecule has 24 heavy (non-hydrogen) atoms. The first kappa shape index (κ1) is 17.0. The van der Waals surface area contributed by atoms with Crippen LogP contribution in [0.25, 0.3) is 0 Å². The predicted molar refractivity (Wildman–Crippen MR) is 97.5 cm³/mol. The van der Waals surface area contributed by atoms with Crippen LogP contribution >= 0.6 is 0 Å². The van der Waals surface area contributed by atoms with Crippen LogP contribution < -0.4 is 4.74 Å². The van der Waals surface area contributed by atoms with E-state index in [1.54, 1.807) is 7.11 Å². The molecule has 0 bridgehead atoms. The first-order valence-corrected chi connectivity index (χ1v) is 8.92. The lowest BCUT2D eigenvalue weighted by Gasteiger charge is -2.25. The second-order valence-electron chi connectivity index (χ2n) is 7.24. The Morgan fingerprint density at radius 1 is 1.25 bits per heavy atom. The number of imidazole rings is 1. The maximum Gasteiger partial charge on any atom is 0.118 e. The number of likely N-dealkylation sites (tertiary alicyclic amines) is 1. The first-order chi connectivity index (χ1) is 11.6. The molecule has 2 heterocycles. The highest BCUT2D eigenvalue weighted by molar-refractivity contribution is 5.30. The van der Waals surface area contributed by atoms with Gasteiger partial charge in [0.1, 0.15) is 11.6 Å². The summed E-state index contributed by atoms with van der Waals surface area (Å²) in [6.07, 6.45) is 5.21. The minimum absolute atomic E-state index is 0.620. The van der Waals surface area contributed by atoms with Crippen molar-refractivity contribution in [3.63, 3.8) is 0 Å². The van der Waals surface area contributed by atoms with Gasteiger partial charge in [-0.15, -0.1) is 0 Å². The Hall–Kier alpha value is -1.81. The van der Waals surface area contributed by atoms with Crippen molar-refractivity contribution in [1.82, 2.24) is 14.5 Å². The Morgan fingerprint density at radius 2 is 2.00 bits per heavy atom. The van der Waals surface area contributed by atoms with Crippen LogP contribution in [0.3, 0.4) is 0 Å². The molecule has 0 saturated carbocycles. The molecule has 0 radical (unpaired) electrons. The topological polar surface area (TPSA) is 30.3 Å². The van der Waals surface area contributed by atoms with Crippen LogP contribution in [0.4, 0.5) is 0 Å². The van der Waals surface area contributed by atoms with Crippen LogP contribution in [-0.2, 0) is 6.54 Å². The number of aromatic nitrogens is 2. The van der Waals surface area contributed by atoms with E-state index in [1.807, 2.05) is 6.20 Å². The van der Waals surface area contributed by atoms with Crippen LogP contribution in [0.5, 0.6) is 5.75 Å². The maximum absolute atomic E-state index is 5.27. The van der Waals surface area contributed by atoms with Gasteiger partial charge in [0, 0.05) is 38.1 Å². The van der Waals surface area contributed by atoms with Gasteiger partial charge in [-0.25, -0.2) is 4.98 Å². The lowest BCUT2D eigenvalue weighted by Crippen LogP contribution is -2.33. The summed E-state index contributed by atoms with van der Waals surface area (Å²) in [6.45, 7) is 10.1. The Morgan fingerprint density at radius 3 is 2.62 bits per heavy atom. The van der Waals surface area contributed by atoms with E-state index in [0.29, 0.717) is 17.9 Å². The van der Waals surface area contributed by atoms with Gasteiger partial charge in [0.25, 0.3) is 0 Å². The minimum atomic E-state index is 0.620. The zero-order chi connectivity index (χ0) is 17.1. The molecule has 4 heteroatoms. The Balaban J connectivity index is 1.58. The normalized spacial score (nSPS) is 22.7. The highest BCUT2D eigenvalue weighted by atomic mass is 16.5. The van der Waals surface area contributed by atoms with Crippen molar-refractivity contribution in [3.8, 4) is 5.75 Å². The minimum Gasteiger partial charge on any atom is -0.497 e. The Kier molecular flexibility index (Phi) is 5.24. The summed E-state index contributed by atoms with van der Waals surface area (Å²) in [5.41, 5.74) is 1.43. The van der Waals surface area contributed by atoms with E-state index in [2.05, 4.69) is 65.7 Å². The molecular weight excluding hydrogens is 298 g/mol. The molecule has 1 saturated heterocycles. The summed E-state index contributed by atoms with van der Waals surface area (Å²) in [5.74, 6) is 3.29. The molecule has 1 aliphatic heterocycles. The third-order valence-electron chi connectivity index (χ3n) is 5.27. The zero-order valence-corrected chi connectivity index (χ0v) is 15.3. The number of benzene rings is 1. The number of nitrogens with zero attached hydrogens (tertiary/aromatic N) is 3. The quantitative estimate of drug-likeness (QED) is 0.810. The number of rotatable bonds is 6. The smallest absolute Gasteiger partial charge is 0.118 e. The zero-order valence-electron chi connectivity index (χ0n) is 15.3. The largest absolute Gasteiger partial charge is 0.497 e. The van der Waals surface area contributed by atoms with Crippen molar-refractivity contribution in [2.24, 2.45) is 5.92 Å². The molecule has 1 fully saturated rings. The van der Waals surface area contributed by atoms with E-state index in [9.17, 15) is 0 Å². The summed E-state index contributed by atoms with van der Waals surface area (Å²) < 4.78 is 7.52. The van der Waals surface area contributed by atoms with Gasteiger partial charge >= 0.3 is 0 Å². The lowest BCUT2D eigenvalue weighted by atomic mass is 9.97. The fourth-order valence-electron chi connectivity index (χ4n) is 3.86. The molecule has 4 nitrogen and oxygen atoms in total. The summed E-state index contributed by atoms with van der Waals surface area (Å²) >= 11 is 0. The molecular formula is C20H29N3O. The first-order valence-electron chi connectivity index (χ1n) is 8.92. The van der Waals surface area contributed by atoms with Gasteiger partial charge in [0.15, 0.2) is 0 Å². The van der Waals surface area contributed by atoms with Crippen molar-refractivity contribution in [2.45, 2.75) is 45.7 Å². The third-order valence-corrected chi connectivity index (χ3v) is 5.27. The van der Waals surface area contributed by atoms with E-state index in [1.165, 1.54) is 12.0 Å². The number of methoxy groups -OCH3 is 1. The number of hydrogen-bond acceptors (Lipinski definition) is 3. The third kappa shape index (κ3) is 3.81. The summed E-state index contributed by atoms with van der Waals surface area (Å²) in [4.78, 5) is 6.97.